The molecule has 4 aliphatic rings. The fraction of sp³-hybridized carbons (Fsp3) is 0.485. The molecule has 1 spiro atoms. The Morgan fingerprint density at radius 2 is 1.74 bits per heavy atom. The maximum Gasteiger partial charge on any atom is 0.340 e. The van der Waals surface area contributed by atoms with Gasteiger partial charge in [0, 0.05) is 29.0 Å². The normalized spacial score (nSPS) is 28.3. The van der Waals surface area contributed by atoms with Crippen molar-refractivity contribution in [1.29, 1.82) is 0 Å². The van der Waals surface area contributed by atoms with Crippen LogP contribution in [0.25, 0.3) is 6.08 Å². The van der Waals surface area contributed by atoms with Gasteiger partial charge in [0.15, 0.2) is 11.4 Å². The number of aliphatic carboxylic acids is 2. The van der Waals surface area contributed by atoms with E-state index < -0.39 is 46.0 Å². The van der Waals surface area contributed by atoms with E-state index in [1.165, 1.54) is 13.0 Å². The van der Waals surface area contributed by atoms with Crippen molar-refractivity contribution < 1.29 is 43.9 Å². The molecule has 3 unspecified atom stereocenters. The average Bonchev–Trinajstić information content (AvgIpc) is 3.09. The highest BCUT2D eigenvalue weighted by molar-refractivity contribution is 6.17. The number of phenols is 1. The molecule has 1 aromatic rings. The van der Waals surface area contributed by atoms with Crippen molar-refractivity contribution >= 4 is 23.8 Å². The minimum atomic E-state index is -2.14. The molecule has 3 atom stereocenters. The number of carboxylic acid groups (broad SMARTS) is 2. The Morgan fingerprint density at radius 3 is 2.36 bits per heavy atom. The number of carbonyl (C=O) groups excluding carboxylic acids is 1. The van der Waals surface area contributed by atoms with Crippen molar-refractivity contribution in [1.82, 2.24) is 0 Å². The van der Waals surface area contributed by atoms with Gasteiger partial charge in [-0.1, -0.05) is 23.8 Å². The maximum atomic E-state index is 14.5. The lowest BCUT2D eigenvalue weighted by atomic mass is 9.60. The molecule has 0 aromatic heterocycles. The second-order valence-corrected chi connectivity index (χ2v) is 12.9. The Balaban J connectivity index is 1.86. The molecule has 1 aromatic carbocycles. The van der Waals surface area contributed by atoms with Gasteiger partial charge < -0.3 is 29.5 Å². The van der Waals surface area contributed by atoms with Gasteiger partial charge in [0.1, 0.15) is 28.4 Å². The number of ketones is 1. The number of Topliss-reactive ketones (excluding diaryl/α,β-unsaturated/α-hetero) is 1. The van der Waals surface area contributed by atoms with E-state index in [1.54, 1.807) is 32.1 Å². The van der Waals surface area contributed by atoms with E-state index in [2.05, 4.69) is 0 Å². The summed E-state index contributed by atoms with van der Waals surface area (Å²) in [4.78, 5) is 39.6. The number of ether oxygens (including phenoxy) is 3. The Hall–Kier alpha value is -3.85. The lowest BCUT2D eigenvalue weighted by Gasteiger charge is -2.50. The van der Waals surface area contributed by atoms with Crippen molar-refractivity contribution in [2.24, 2.45) is 5.92 Å². The number of carboxylic acids is 2. The highest BCUT2D eigenvalue weighted by atomic mass is 16.6. The molecule has 224 valence electrons. The van der Waals surface area contributed by atoms with Gasteiger partial charge in [-0.05, 0) is 79.9 Å². The zero-order chi connectivity index (χ0) is 31.0. The van der Waals surface area contributed by atoms with Crippen LogP contribution in [-0.2, 0) is 20.7 Å². The summed E-state index contributed by atoms with van der Waals surface area (Å²) in [5.41, 5.74) is -3.84. The Bertz CT molecular complexity index is 1530. The van der Waals surface area contributed by atoms with Crippen molar-refractivity contribution in [3.63, 3.8) is 0 Å². The van der Waals surface area contributed by atoms with Crippen LogP contribution in [0.15, 0.2) is 41.0 Å². The van der Waals surface area contributed by atoms with Gasteiger partial charge in [0.25, 0.3) is 0 Å². The molecule has 1 fully saturated rings. The first-order valence-corrected chi connectivity index (χ1v) is 14.2. The van der Waals surface area contributed by atoms with E-state index in [9.17, 15) is 29.7 Å². The van der Waals surface area contributed by atoms with Gasteiger partial charge in [-0.2, -0.15) is 0 Å². The monoisotopic (exact) mass is 578 g/mol. The summed E-state index contributed by atoms with van der Waals surface area (Å²) >= 11 is 0. The Morgan fingerprint density at radius 1 is 1.05 bits per heavy atom. The van der Waals surface area contributed by atoms with Crippen LogP contribution in [0, 0.1) is 5.92 Å². The van der Waals surface area contributed by atoms with E-state index >= 15 is 0 Å². The molecule has 5 rings (SSSR count). The molecule has 3 aliphatic heterocycles. The van der Waals surface area contributed by atoms with Crippen molar-refractivity contribution in [2.75, 3.05) is 0 Å². The summed E-state index contributed by atoms with van der Waals surface area (Å²) in [7, 11) is 0. The van der Waals surface area contributed by atoms with Crippen molar-refractivity contribution in [3.05, 3.63) is 57.7 Å². The average molecular weight is 579 g/mol. The fourth-order valence-corrected chi connectivity index (χ4v) is 6.94. The first-order chi connectivity index (χ1) is 19.5. The van der Waals surface area contributed by atoms with E-state index in [1.807, 2.05) is 33.8 Å². The number of benzene rings is 1. The van der Waals surface area contributed by atoms with Gasteiger partial charge in [-0.3, -0.25) is 4.79 Å². The summed E-state index contributed by atoms with van der Waals surface area (Å²) in [6, 6.07) is 0. The minimum absolute atomic E-state index is 0.0439. The Kier molecular flexibility index (Phi) is 6.77. The number of allylic oxidation sites excluding steroid dienone is 3. The highest BCUT2D eigenvalue weighted by Crippen LogP contribution is 2.64. The molecular weight excluding hydrogens is 540 g/mol. The molecule has 0 saturated carbocycles. The lowest BCUT2D eigenvalue weighted by Crippen LogP contribution is -2.66. The largest absolute Gasteiger partial charge is 0.506 e. The smallest absolute Gasteiger partial charge is 0.340 e. The van der Waals surface area contributed by atoms with Crippen LogP contribution in [0.2, 0.25) is 0 Å². The van der Waals surface area contributed by atoms with Crippen LogP contribution in [0.4, 0.5) is 0 Å². The highest BCUT2D eigenvalue weighted by Gasteiger charge is 2.77. The number of hydrogen-bond donors (Lipinski definition) is 3. The molecule has 42 heavy (non-hydrogen) atoms. The van der Waals surface area contributed by atoms with Gasteiger partial charge >= 0.3 is 11.9 Å². The summed E-state index contributed by atoms with van der Waals surface area (Å²) in [6.07, 6.45) is 9.38. The maximum absolute atomic E-state index is 14.5. The molecule has 0 amide bonds. The van der Waals surface area contributed by atoms with Gasteiger partial charge in [-0.25, -0.2) is 9.59 Å². The topological polar surface area (TPSA) is 140 Å². The molecule has 9 heteroatoms. The summed E-state index contributed by atoms with van der Waals surface area (Å²) < 4.78 is 19.7. The quantitative estimate of drug-likeness (QED) is 0.283. The molecule has 3 N–H and O–H groups in total. The predicted octanol–water partition coefficient (Wildman–Crippen LogP) is 5.79. The van der Waals surface area contributed by atoms with E-state index in [0.29, 0.717) is 36.1 Å². The van der Waals surface area contributed by atoms with E-state index in [-0.39, 0.29) is 34.6 Å². The molecule has 1 saturated heterocycles. The third-order valence-electron chi connectivity index (χ3n) is 8.93. The summed E-state index contributed by atoms with van der Waals surface area (Å²) in [5.74, 6) is -3.55. The first-order valence-electron chi connectivity index (χ1n) is 14.2. The molecule has 0 radical (unpaired) electrons. The van der Waals surface area contributed by atoms with Crippen LogP contribution >= 0.6 is 0 Å². The number of hydrogen-bond acceptors (Lipinski definition) is 7. The first kappa shape index (κ1) is 29.6. The summed E-state index contributed by atoms with van der Waals surface area (Å²) in [6.45, 7) is 12.5. The molecule has 0 bridgehead atoms. The number of aromatic hydroxyl groups is 1. The molecule has 3 heterocycles. The zero-order valence-corrected chi connectivity index (χ0v) is 25.1. The van der Waals surface area contributed by atoms with Crippen LogP contribution in [0.1, 0.15) is 89.2 Å². The van der Waals surface area contributed by atoms with Gasteiger partial charge in [0.2, 0.25) is 5.60 Å². The van der Waals surface area contributed by atoms with Gasteiger partial charge in [0.05, 0.1) is 11.2 Å². The third-order valence-corrected chi connectivity index (χ3v) is 8.93. The zero-order valence-electron chi connectivity index (χ0n) is 25.1. The van der Waals surface area contributed by atoms with E-state index in [4.69, 9.17) is 14.2 Å². The molecule has 9 nitrogen and oxygen atoms in total. The van der Waals surface area contributed by atoms with Crippen molar-refractivity contribution in [3.8, 4) is 17.2 Å². The van der Waals surface area contributed by atoms with Crippen molar-refractivity contribution in [2.45, 2.75) is 96.6 Å². The van der Waals surface area contributed by atoms with Crippen LogP contribution in [0.5, 0.6) is 17.2 Å². The number of fused-ring (bicyclic) bond motifs is 2. The lowest BCUT2D eigenvalue weighted by molar-refractivity contribution is -0.184. The number of carbonyl (C=O) groups is 3. The molecule has 1 aliphatic carbocycles. The Labute approximate surface area is 245 Å². The number of rotatable bonds is 6. The standard InChI is InChI=1S/C33H38O9/c1-17(2)11-12-20-26-19(14-15-30(4,5)40-26)24(34)23-25(35)21-9-8-10-22-31(6,7)42-32(29(38)39,16-13-18(3)28(36)37)33(21,22)41-27(20)23/h9,11,13-15,22,34H,8,10,12,16H2,1-7H3,(H,36,37)(H,38,39). The minimum Gasteiger partial charge on any atom is -0.506 e. The second-order valence-electron chi connectivity index (χ2n) is 12.9. The second kappa shape index (κ2) is 9.59. The number of phenolic OH excluding ortho intramolecular Hbond substituents is 1. The SMILES string of the molecule is CC(C)=CCc1c2c(c(O)c3c1OC14C(=CCCC1C(C)(C)OC4(CC=C(C)C(=O)O)C(=O)O)C3=O)C=CC(C)(C)O2. The van der Waals surface area contributed by atoms with Crippen LogP contribution in [0.3, 0.4) is 0 Å². The van der Waals surface area contributed by atoms with Gasteiger partial charge in [-0.15, -0.1) is 0 Å². The summed E-state index contributed by atoms with van der Waals surface area (Å²) in [5, 5.41) is 32.0. The fourth-order valence-electron chi connectivity index (χ4n) is 6.94. The van der Waals surface area contributed by atoms with Crippen LogP contribution in [-0.4, -0.2) is 55.4 Å². The van der Waals surface area contributed by atoms with Crippen LogP contribution < -0.4 is 9.47 Å². The third kappa shape index (κ3) is 4.12. The van der Waals surface area contributed by atoms with E-state index in [0.717, 1.165) is 5.57 Å². The predicted molar refractivity (Wildman–Crippen MR) is 155 cm³/mol. The molecular formula is C33H38O9.